The number of hydrogen-bond donors (Lipinski definition) is 2. The third kappa shape index (κ3) is 1.96. The summed E-state index contributed by atoms with van der Waals surface area (Å²) < 4.78 is 0. The van der Waals surface area contributed by atoms with Crippen molar-refractivity contribution in [1.82, 2.24) is 0 Å². The minimum atomic E-state index is -0.0609. The van der Waals surface area contributed by atoms with Gasteiger partial charge in [-0.05, 0) is 35.4 Å². The Morgan fingerprint density at radius 2 is 1.75 bits per heavy atom. The predicted molar refractivity (Wildman–Crippen MR) is 65.8 cm³/mol. The van der Waals surface area contributed by atoms with E-state index in [1.54, 1.807) is 0 Å². The molecule has 0 saturated heterocycles. The molecule has 0 fully saturated rings. The number of fused-ring (bicyclic) bond motifs is 1. The van der Waals surface area contributed by atoms with E-state index in [0.717, 1.165) is 17.2 Å². The molecule has 0 aromatic heterocycles. The fourth-order valence-corrected chi connectivity index (χ4v) is 1.94. The quantitative estimate of drug-likeness (QED) is 0.755. The van der Waals surface area contributed by atoms with Crippen LogP contribution in [0.15, 0.2) is 30.3 Å². The molecule has 84 valence electrons. The van der Waals surface area contributed by atoms with Gasteiger partial charge in [0.15, 0.2) is 11.5 Å². The highest BCUT2D eigenvalue weighted by Gasteiger charge is 2.06. The predicted octanol–water partition coefficient (Wildman–Crippen LogP) is 3.45. The average Bonchev–Trinajstić information content (AvgIpc) is 2.23. The lowest BCUT2D eigenvalue weighted by Gasteiger charge is -2.08. The summed E-state index contributed by atoms with van der Waals surface area (Å²) in [5, 5.41) is 20.9. The third-order valence-electron chi connectivity index (χ3n) is 2.68. The minimum absolute atomic E-state index is 0.0249. The second-order valence-corrected chi connectivity index (χ2v) is 4.59. The van der Waals surface area contributed by atoms with E-state index in [1.807, 2.05) is 18.2 Å². The smallest absolute Gasteiger partial charge is 0.165 e. The number of phenolic OH excluding ortho intramolecular Hbond substituents is 2. The van der Waals surface area contributed by atoms with E-state index in [2.05, 4.69) is 19.9 Å². The van der Waals surface area contributed by atoms with E-state index in [-0.39, 0.29) is 11.5 Å². The van der Waals surface area contributed by atoms with Gasteiger partial charge in [-0.25, -0.2) is 0 Å². The number of hydrogen-bond acceptors (Lipinski definition) is 2. The standard InChI is InChI=1S/C14H16O2/c1-9(2)7-10-3-4-11-5-6-13(15)14(16)12(11)8-10/h3-6,8-9,15-16H,7H2,1-2H3. The molecular weight excluding hydrogens is 200 g/mol. The monoisotopic (exact) mass is 216 g/mol. The zero-order valence-electron chi connectivity index (χ0n) is 9.57. The Morgan fingerprint density at radius 3 is 2.44 bits per heavy atom. The molecule has 0 bridgehead atoms. The Hall–Kier alpha value is -1.70. The van der Waals surface area contributed by atoms with Crippen LogP contribution in [0.2, 0.25) is 0 Å². The molecule has 0 unspecified atom stereocenters. The first kappa shape index (κ1) is 10.8. The van der Waals surface area contributed by atoms with Gasteiger partial charge in [-0.1, -0.05) is 32.0 Å². The molecule has 2 rings (SSSR count). The van der Waals surface area contributed by atoms with Crippen molar-refractivity contribution in [3.8, 4) is 11.5 Å². The Kier molecular flexibility index (Phi) is 2.73. The first-order valence-corrected chi connectivity index (χ1v) is 5.51. The fourth-order valence-electron chi connectivity index (χ4n) is 1.94. The highest BCUT2D eigenvalue weighted by molar-refractivity contribution is 5.90. The lowest BCUT2D eigenvalue weighted by molar-refractivity contribution is 0.408. The average molecular weight is 216 g/mol. The fraction of sp³-hybridized carbons (Fsp3) is 0.286. The van der Waals surface area contributed by atoms with Crippen LogP contribution >= 0.6 is 0 Å². The van der Waals surface area contributed by atoms with Crippen LogP contribution in [0, 0.1) is 5.92 Å². The minimum Gasteiger partial charge on any atom is -0.504 e. The van der Waals surface area contributed by atoms with Crippen molar-refractivity contribution in [2.75, 3.05) is 0 Å². The lowest BCUT2D eigenvalue weighted by Crippen LogP contribution is -1.93. The summed E-state index contributed by atoms with van der Waals surface area (Å²) in [5.41, 5.74) is 1.18. The van der Waals surface area contributed by atoms with Gasteiger partial charge in [-0.15, -0.1) is 0 Å². The molecule has 0 aliphatic carbocycles. The van der Waals surface area contributed by atoms with Crippen LogP contribution in [0.3, 0.4) is 0 Å². The molecule has 0 saturated carbocycles. The van der Waals surface area contributed by atoms with E-state index in [1.165, 1.54) is 11.6 Å². The molecule has 0 heterocycles. The van der Waals surface area contributed by atoms with Gasteiger partial charge >= 0.3 is 0 Å². The number of phenols is 2. The van der Waals surface area contributed by atoms with Crippen molar-refractivity contribution < 1.29 is 10.2 Å². The maximum absolute atomic E-state index is 9.77. The zero-order chi connectivity index (χ0) is 11.7. The van der Waals surface area contributed by atoms with Gasteiger partial charge in [-0.2, -0.15) is 0 Å². The Morgan fingerprint density at radius 1 is 1.06 bits per heavy atom. The van der Waals surface area contributed by atoms with E-state index in [9.17, 15) is 10.2 Å². The zero-order valence-corrected chi connectivity index (χ0v) is 9.57. The van der Waals surface area contributed by atoms with Crippen molar-refractivity contribution in [3.63, 3.8) is 0 Å². The summed E-state index contributed by atoms with van der Waals surface area (Å²) in [6, 6.07) is 9.32. The molecule has 16 heavy (non-hydrogen) atoms. The summed E-state index contributed by atoms with van der Waals surface area (Å²) in [4.78, 5) is 0. The summed E-state index contributed by atoms with van der Waals surface area (Å²) in [6.45, 7) is 4.32. The summed E-state index contributed by atoms with van der Waals surface area (Å²) in [5.74, 6) is 0.495. The Labute approximate surface area is 95.2 Å². The first-order valence-electron chi connectivity index (χ1n) is 5.51. The van der Waals surface area contributed by atoms with Crippen LogP contribution in [0.5, 0.6) is 11.5 Å². The van der Waals surface area contributed by atoms with Gasteiger partial charge in [0.2, 0.25) is 0 Å². The maximum Gasteiger partial charge on any atom is 0.165 e. The second kappa shape index (κ2) is 4.05. The SMILES string of the molecule is CC(C)Cc1ccc2ccc(O)c(O)c2c1. The van der Waals surface area contributed by atoms with Gasteiger partial charge < -0.3 is 10.2 Å². The first-order chi connectivity index (χ1) is 7.58. The molecule has 0 spiro atoms. The molecular formula is C14H16O2. The number of aromatic hydroxyl groups is 2. The van der Waals surface area contributed by atoms with Crippen molar-refractivity contribution in [2.45, 2.75) is 20.3 Å². The van der Waals surface area contributed by atoms with Gasteiger partial charge in [0, 0.05) is 5.39 Å². The number of rotatable bonds is 2. The van der Waals surface area contributed by atoms with Gasteiger partial charge in [0.25, 0.3) is 0 Å². The van der Waals surface area contributed by atoms with Crippen LogP contribution in [-0.4, -0.2) is 10.2 Å². The van der Waals surface area contributed by atoms with Gasteiger partial charge in [-0.3, -0.25) is 0 Å². The Bertz CT molecular complexity index is 515. The molecule has 2 N–H and O–H groups in total. The summed E-state index contributed by atoms with van der Waals surface area (Å²) >= 11 is 0. The van der Waals surface area contributed by atoms with Crippen molar-refractivity contribution in [2.24, 2.45) is 5.92 Å². The van der Waals surface area contributed by atoms with E-state index in [0.29, 0.717) is 5.92 Å². The molecule has 0 aliphatic heterocycles. The maximum atomic E-state index is 9.77. The highest BCUT2D eigenvalue weighted by atomic mass is 16.3. The molecule has 0 amide bonds. The number of benzene rings is 2. The molecule has 0 radical (unpaired) electrons. The molecule has 2 aromatic rings. The molecule has 2 nitrogen and oxygen atoms in total. The lowest BCUT2D eigenvalue weighted by atomic mass is 9.99. The van der Waals surface area contributed by atoms with E-state index in [4.69, 9.17) is 0 Å². The normalized spacial score (nSPS) is 11.2. The largest absolute Gasteiger partial charge is 0.504 e. The van der Waals surface area contributed by atoms with Crippen LogP contribution in [-0.2, 0) is 6.42 Å². The molecule has 2 aromatic carbocycles. The summed E-state index contributed by atoms with van der Waals surface area (Å²) in [6.07, 6.45) is 0.977. The second-order valence-electron chi connectivity index (χ2n) is 4.59. The Balaban J connectivity index is 2.55. The molecule has 0 aliphatic rings. The van der Waals surface area contributed by atoms with Crippen LogP contribution in [0.25, 0.3) is 10.8 Å². The van der Waals surface area contributed by atoms with Gasteiger partial charge in [0.05, 0.1) is 0 Å². The van der Waals surface area contributed by atoms with Crippen molar-refractivity contribution in [3.05, 3.63) is 35.9 Å². The molecule has 0 atom stereocenters. The van der Waals surface area contributed by atoms with Crippen molar-refractivity contribution >= 4 is 10.8 Å². The van der Waals surface area contributed by atoms with Crippen molar-refractivity contribution in [1.29, 1.82) is 0 Å². The van der Waals surface area contributed by atoms with Crippen LogP contribution in [0.1, 0.15) is 19.4 Å². The van der Waals surface area contributed by atoms with Gasteiger partial charge in [0.1, 0.15) is 0 Å². The van der Waals surface area contributed by atoms with Crippen LogP contribution in [0.4, 0.5) is 0 Å². The highest BCUT2D eigenvalue weighted by Crippen LogP contribution is 2.34. The van der Waals surface area contributed by atoms with Crippen LogP contribution < -0.4 is 0 Å². The third-order valence-corrected chi connectivity index (χ3v) is 2.68. The van der Waals surface area contributed by atoms with E-state index < -0.39 is 0 Å². The molecule has 2 heteroatoms. The van der Waals surface area contributed by atoms with E-state index >= 15 is 0 Å². The summed E-state index contributed by atoms with van der Waals surface area (Å²) in [7, 11) is 0. The topological polar surface area (TPSA) is 40.5 Å².